The SMILES string of the molecule is Cc1nc(C)c(-c2ccc(C(=O)NCc3ccccc3)cc2)c(N2CCC3(CCN(C(=O)OCc4ccccc4)C3)CC2)c1CC(=O)OC(C)C. The summed E-state index contributed by atoms with van der Waals surface area (Å²) in [5.74, 6) is -0.428. The molecule has 9 heteroatoms. The lowest BCUT2D eigenvalue weighted by Gasteiger charge is -2.42. The van der Waals surface area contributed by atoms with E-state index in [-0.39, 0.29) is 42.5 Å². The summed E-state index contributed by atoms with van der Waals surface area (Å²) in [7, 11) is 0. The number of hydrogen-bond donors (Lipinski definition) is 1. The van der Waals surface area contributed by atoms with Crippen LogP contribution in [0, 0.1) is 19.3 Å². The van der Waals surface area contributed by atoms with Gasteiger partial charge in [0, 0.05) is 60.8 Å². The molecule has 2 aliphatic rings. The molecule has 0 unspecified atom stereocenters. The Morgan fingerprint density at radius 2 is 1.45 bits per heavy atom. The number of rotatable bonds is 10. The van der Waals surface area contributed by atoms with Crippen LogP contribution in [0.25, 0.3) is 11.1 Å². The number of ether oxygens (including phenoxy) is 2. The summed E-state index contributed by atoms with van der Waals surface area (Å²) in [4.78, 5) is 48.3. The first-order valence-electron chi connectivity index (χ1n) is 17.9. The van der Waals surface area contributed by atoms with Gasteiger partial charge in [-0.15, -0.1) is 0 Å². The predicted octanol–water partition coefficient (Wildman–Crippen LogP) is 7.42. The molecule has 0 radical (unpaired) electrons. The largest absolute Gasteiger partial charge is 0.463 e. The lowest BCUT2D eigenvalue weighted by molar-refractivity contribution is -0.146. The summed E-state index contributed by atoms with van der Waals surface area (Å²) in [5.41, 5.74) is 8.01. The number of amides is 2. The van der Waals surface area contributed by atoms with E-state index in [2.05, 4.69) is 10.2 Å². The molecule has 2 fully saturated rings. The second kappa shape index (κ2) is 15.8. The molecule has 0 bridgehead atoms. The number of anilines is 1. The van der Waals surface area contributed by atoms with Crippen LogP contribution >= 0.6 is 0 Å². The second-order valence-corrected chi connectivity index (χ2v) is 14.1. The van der Waals surface area contributed by atoms with E-state index in [1.165, 1.54) is 0 Å². The van der Waals surface area contributed by atoms with E-state index in [9.17, 15) is 14.4 Å². The number of piperidine rings is 1. The Balaban J connectivity index is 1.22. The molecule has 0 aliphatic carbocycles. The van der Waals surface area contributed by atoms with Crippen LogP contribution in [0.15, 0.2) is 84.9 Å². The van der Waals surface area contributed by atoms with E-state index < -0.39 is 0 Å². The summed E-state index contributed by atoms with van der Waals surface area (Å²) >= 11 is 0. The lowest BCUT2D eigenvalue weighted by Crippen LogP contribution is -2.43. The highest BCUT2D eigenvalue weighted by Gasteiger charge is 2.43. The Bertz CT molecular complexity index is 1840. The zero-order valence-corrected chi connectivity index (χ0v) is 30.1. The highest BCUT2D eigenvalue weighted by Crippen LogP contribution is 2.45. The van der Waals surface area contributed by atoms with E-state index in [0.29, 0.717) is 25.2 Å². The maximum atomic E-state index is 13.1. The van der Waals surface area contributed by atoms with Gasteiger partial charge in [-0.05, 0) is 81.2 Å². The van der Waals surface area contributed by atoms with Gasteiger partial charge in [-0.1, -0.05) is 72.8 Å². The van der Waals surface area contributed by atoms with Gasteiger partial charge in [0.25, 0.3) is 5.91 Å². The molecule has 0 saturated carbocycles. The molecule has 266 valence electrons. The molecule has 2 saturated heterocycles. The molecule has 1 N–H and O–H groups in total. The predicted molar refractivity (Wildman–Crippen MR) is 198 cm³/mol. The van der Waals surface area contributed by atoms with Crippen LogP contribution in [0.3, 0.4) is 0 Å². The smallest absolute Gasteiger partial charge is 0.410 e. The number of carbonyl (C=O) groups excluding carboxylic acids is 3. The van der Waals surface area contributed by atoms with Crippen molar-refractivity contribution in [3.63, 3.8) is 0 Å². The third kappa shape index (κ3) is 8.59. The lowest BCUT2D eigenvalue weighted by atomic mass is 9.77. The molecular formula is C42H48N4O5. The number of pyridine rings is 1. The standard InChI is InChI=1S/C42H48N4O5/c1-29(2)51-37(47)25-36-30(3)44-31(4)38(34-15-17-35(18-16-34)40(48)43-26-32-11-7-5-8-12-32)39(36)45-22-19-42(20-23-45)21-24-46(28-42)41(49)50-27-33-13-9-6-10-14-33/h5-18,29H,19-28H2,1-4H3,(H,43,48). The quantitative estimate of drug-likeness (QED) is 0.173. The van der Waals surface area contributed by atoms with Crippen LogP contribution in [0.4, 0.5) is 10.5 Å². The fourth-order valence-corrected chi connectivity index (χ4v) is 7.41. The molecule has 1 aromatic heterocycles. The van der Waals surface area contributed by atoms with Crippen molar-refractivity contribution in [2.75, 3.05) is 31.1 Å². The minimum absolute atomic E-state index is 0.0189. The number of hydrogen-bond acceptors (Lipinski definition) is 7. The number of nitrogens with one attached hydrogen (secondary N) is 1. The normalized spacial score (nSPS) is 15.2. The molecule has 6 rings (SSSR count). The summed E-state index contributed by atoms with van der Waals surface area (Å²) < 4.78 is 11.3. The van der Waals surface area contributed by atoms with Crippen molar-refractivity contribution >= 4 is 23.7 Å². The van der Waals surface area contributed by atoms with Crippen LogP contribution in [0.5, 0.6) is 0 Å². The van der Waals surface area contributed by atoms with Gasteiger partial charge >= 0.3 is 12.1 Å². The monoisotopic (exact) mass is 688 g/mol. The number of nitrogens with zero attached hydrogens (tertiary/aromatic N) is 3. The van der Waals surface area contributed by atoms with E-state index >= 15 is 0 Å². The second-order valence-electron chi connectivity index (χ2n) is 14.1. The fourth-order valence-electron chi connectivity index (χ4n) is 7.41. The van der Waals surface area contributed by atoms with Gasteiger partial charge in [-0.2, -0.15) is 0 Å². The zero-order valence-electron chi connectivity index (χ0n) is 30.1. The molecule has 2 amide bonds. The highest BCUT2D eigenvalue weighted by atomic mass is 16.6. The molecule has 3 aromatic carbocycles. The molecule has 2 aliphatic heterocycles. The average Bonchev–Trinajstić information content (AvgIpc) is 3.55. The Labute approximate surface area is 301 Å². The molecular weight excluding hydrogens is 640 g/mol. The Kier molecular flexibility index (Phi) is 11.0. The van der Waals surface area contributed by atoms with Gasteiger partial charge in [0.05, 0.1) is 18.2 Å². The van der Waals surface area contributed by atoms with Crippen LogP contribution < -0.4 is 10.2 Å². The molecule has 1 spiro atoms. The number of esters is 1. The maximum absolute atomic E-state index is 13.1. The fraction of sp³-hybridized carbons (Fsp3) is 0.381. The van der Waals surface area contributed by atoms with Crippen molar-refractivity contribution in [1.29, 1.82) is 0 Å². The highest BCUT2D eigenvalue weighted by molar-refractivity contribution is 5.95. The van der Waals surface area contributed by atoms with Crippen molar-refractivity contribution < 1.29 is 23.9 Å². The molecule has 3 heterocycles. The van der Waals surface area contributed by atoms with Gasteiger partial charge < -0.3 is 24.6 Å². The first-order chi connectivity index (χ1) is 24.6. The van der Waals surface area contributed by atoms with Crippen LogP contribution in [0.1, 0.15) is 71.5 Å². The Hall–Kier alpha value is -5.18. The number of carbonyl (C=O) groups is 3. The summed E-state index contributed by atoms with van der Waals surface area (Å²) in [6.45, 7) is 11.3. The molecule has 9 nitrogen and oxygen atoms in total. The maximum Gasteiger partial charge on any atom is 0.410 e. The van der Waals surface area contributed by atoms with Crippen molar-refractivity contribution in [1.82, 2.24) is 15.2 Å². The van der Waals surface area contributed by atoms with Crippen LogP contribution in [-0.2, 0) is 33.8 Å². The summed E-state index contributed by atoms with van der Waals surface area (Å²) in [6.07, 6.45) is 2.38. The minimum Gasteiger partial charge on any atom is -0.463 e. The molecule has 51 heavy (non-hydrogen) atoms. The van der Waals surface area contributed by atoms with E-state index in [1.54, 1.807) is 0 Å². The van der Waals surface area contributed by atoms with Crippen molar-refractivity contribution in [2.24, 2.45) is 5.41 Å². The number of benzene rings is 3. The topological polar surface area (TPSA) is 101 Å². The third-order valence-electron chi connectivity index (χ3n) is 10.1. The zero-order chi connectivity index (χ0) is 36.0. The Morgan fingerprint density at radius 1 is 0.824 bits per heavy atom. The summed E-state index contributed by atoms with van der Waals surface area (Å²) in [5, 5.41) is 3.01. The van der Waals surface area contributed by atoms with Crippen molar-refractivity contribution in [2.45, 2.75) is 72.6 Å². The van der Waals surface area contributed by atoms with Crippen molar-refractivity contribution in [3.05, 3.63) is 119 Å². The van der Waals surface area contributed by atoms with Gasteiger partial charge in [-0.25, -0.2) is 4.79 Å². The van der Waals surface area contributed by atoms with Gasteiger partial charge in [0.15, 0.2) is 0 Å². The Morgan fingerprint density at radius 3 is 2.10 bits per heavy atom. The van der Waals surface area contributed by atoms with E-state index in [0.717, 1.165) is 77.2 Å². The first-order valence-corrected chi connectivity index (χ1v) is 17.9. The van der Waals surface area contributed by atoms with E-state index in [1.807, 2.05) is 118 Å². The summed E-state index contributed by atoms with van der Waals surface area (Å²) in [6, 6.07) is 27.2. The van der Waals surface area contributed by atoms with E-state index in [4.69, 9.17) is 14.5 Å². The average molecular weight is 689 g/mol. The van der Waals surface area contributed by atoms with Gasteiger partial charge in [0.1, 0.15) is 6.61 Å². The minimum atomic E-state index is -0.287. The first kappa shape index (κ1) is 35.6. The van der Waals surface area contributed by atoms with Gasteiger partial charge in [-0.3, -0.25) is 14.6 Å². The van der Waals surface area contributed by atoms with Crippen LogP contribution in [0.2, 0.25) is 0 Å². The third-order valence-corrected chi connectivity index (χ3v) is 10.1. The molecule has 0 atom stereocenters. The van der Waals surface area contributed by atoms with Gasteiger partial charge in [0.2, 0.25) is 0 Å². The van der Waals surface area contributed by atoms with Crippen LogP contribution in [-0.4, -0.2) is 60.1 Å². The number of aromatic nitrogens is 1. The van der Waals surface area contributed by atoms with Crippen molar-refractivity contribution in [3.8, 4) is 11.1 Å². The molecule has 4 aromatic rings. The number of aryl methyl sites for hydroxylation is 2. The number of likely N-dealkylation sites (tertiary alicyclic amines) is 1.